The first-order valence-electron chi connectivity index (χ1n) is 10.1. The number of likely N-dealkylation sites (tertiary alicyclic amines) is 2. The SMILES string of the molecule is Cc1cc(C(=O)N2CC[C@@H](C3CCN(Cc4cccnc4)CC3)C2)c(C)o1. The molecule has 2 aromatic heterocycles. The van der Waals surface area contributed by atoms with Crippen LogP contribution < -0.4 is 0 Å². The lowest BCUT2D eigenvalue weighted by atomic mass is 9.83. The summed E-state index contributed by atoms with van der Waals surface area (Å²) in [5, 5.41) is 0. The Morgan fingerprint density at radius 2 is 1.96 bits per heavy atom. The zero-order valence-electron chi connectivity index (χ0n) is 16.4. The Balaban J connectivity index is 1.29. The van der Waals surface area contributed by atoms with Gasteiger partial charge in [0.1, 0.15) is 11.5 Å². The lowest BCUT2D eigenvalue weighted by molar-refractivity contribution is 0.0771. The molecule has 0 saturated carbocycles. The first kappa shape index (κ1) is 18.2. The van der Waals surface area contributed by atoms with E-state index >= 15 is 0 Å². The number of piperidine rings is 1. The van der Waals surface area contributed by atoms with Crippen LogP contribution in [-0.4, -0.2) is 46.9 Å². The summed E-state index contributed by atoms with van der Waals surface area (Å²) in [7, 11) is 0. The number of nitrogens with zero attached hydrogens (tertiary/aromatic N) is 3. The molecule has 27 heavy (non-hydrogen) atoms. The molecule has 5 nitrogen and oxygen atoms in total. The molecule has 5 heteroatoms. The van der Waals surface area contributed by atoms with Crippen molar-refractivity contribution in [1.82, 2.24) is 14.8 Å². The molecule has 4 heterocycles. The Bertz CT molecular complexity index is 778. The van der Waals surface area contributed by atoms with E-state index < -0.39 is 0 Å². The molecule has 0 aliphatic carbocycles. The van der Waals surface area contributed by atoms with Crippen LogP contribution in [0.4, 0.5) is 0 Å². The van der Waals surface area contributed by atoms with Crippen LogP contribution in [0.5, 0.6) is 0 Å². The second-order valence-electron chi connectivity index (χ2n) is 8.10. The van der Waals surface area contributed by atoms with Gasteiger partial charge in [-0.2, -0.15) is 0 Å². The van der Waals surface area contributed by atoms with E-state index in [0.29, 0.717) is 5.92 Å². The summed E-state index contributed by atoms with van der Waals surface area (Å²) in [6.45, 7) is 8.84. The number of aromatic nitrogens is 1. The van der Waals surface area contributed by atoms with Crippen molar-refractivity contribution in [2.75, 3.05) is 26.2 Å². The van der Waals surface area contributed by atoms with Crippen LogP contribution in [0.25, 0.3) is 0 Å². The summed E-state index contributed by atoms with van der Waals surface area (Å²) in [6.07, 6.45) is 7.39. The molecule has 2 fully saturated rings. The third-order valence-corrected chi connectivity index (χ3v) is 6.21. The van der Waals surface area contributed by atoms with Gasteiger partial charge in [-0.05, 0) is 75.7 Å². The van der Waals surface area contributed by atoms with Gasteiger partial charge >= 0.3 is 0 Å². The topological polar surface area (TPSA) is 49.6 Å². The van der Waals surface area contributed by atoms with Gasteiger partial charge in [-0.1, -0.05) is 6.07 Å². The summed E-state index contributed by atoms with van der Waals surface area (Å²) in [4.78, 5) is 21.6. The molecule has 0 unspecified atom stereocenters. The van der Waals surface area contributed by atoms with Gasteiger partial charge < -0.3 is 9.32 Å². The standard InChI is InChI=1S/C22H29N3O2/c1-16-12-21(17(2)27-16)22(26)25-11-7-20(15-25)19-5-9-24(10-6-19)14-18-4-3-8-23-13-18/h3-4,8,12-13,19-20H,5-7,9-11,14-15H2,1-2H3/t20-/m1/s1. The van der Waals surface area contributed by atoms with Crippen LogP contribution >= 0.6 is 0 Å². The summed E-state index contributed by atoms with van der Waals surface area (Å²) in [5.74, 6) is 3.07. The number of pyridine rings is 1. The van der Waals surface area contributed by atoms with E-state index in [-0.39, 0.29) is 5.91 Å². The molecule has 2 aromatic rings. The van der Waals surface area contributed by atoms with Crippen molar-refractivity contribution in [3.63, 3.8) is 0 Å². The van der Waals surface area contributed by atoms with Crippen molar-refractivity contribution >= 4 is 5.91 Å². The quantitative estimate of drug-likeness (QED) is 0.827. The maximum atomic E-state index is 12.8. The van der Waals surface area contributed by atoms with Gasteiger partial charge in [0.25, 0.3) is 5.91 Å². The first-order valence-corrected chi connectivity index (χ1v) is 10.1. The molecule has 4 rings (SSSR count). The van der Waals surface area contributed by atoms with Gasteiger partial charge in [0.2, 0.25) is 0 Å². The maximum Gasteiger partial charge on any atom is 0.257 e. The Kier molecular flexibility index (Phi) is 5.30. The molecule has 144 valence electrons. The number of furan rings is 1. The number of carbonyl (C=O) groups is 1. The van der Waals surface area contributed by atoms with Crippen LogP contribution in [0.3, 0.4) is 0 Å². The Morgan fingerprint density at radius 1 is 1.19 bits per heavy atom. The van der Waals surface area contributed by atoms with Crippen molar-refractivity contribution in [3.8, 4) is 0 Å². The van der Waals surface area contributed by atoms with E-state index in [1.54, 1.807) is 0 Å². The third-order valence-electron chi connectivity index (χ3n) is 6.21. The average molecular weight is 367 g/mol. The molecule has 0 spiro atoms. The highest BCUT2D eigenvalue weighted by Gasteiger charge is 2.34. The van der Waals surface area contributed by atoms with E-state index in [1.807, 2.05) is 43.3 Å². The minimum Gasteiger partial charge on any atom is -0.466 e. The molecule has 0 radical (unpaired) electrons. The predicted octanol–water partition coefficient (Wildman–Crippen LogP) is 3.67. The molecule has 0 bridgehead atoms. The smallest absolute Gasteiger partial charge is 0.257 e. The van der Waals surface area contributed by atoms with Crippen molar-refractivity contribution in [2.45, 2.75) is 39.7 Å². The monoisotopic (exact) mass is 367 g/mol. The number of hydrogen-bond donors (Lipinski definition) is 0. The van der Waals surface area contributed by atoms with Crippen molar-refractivity contribution in [2.24, 2.45) is 11.8 Å². The zero-order chi connectivity index (χ0) is 18.8. The number of rotatable bonds is 4. The molecule has 2 aliphatic rings. The number of carbonyl (C=O) groups excluding carboxylic acids is 1. The number of amides is 1. The van der Waals surface area contributed by atoms with Gasteiger partial charge in [0.05, 0.1) is 5.56 Å². The predicted molar refractivity (Wildman–Crippen MR) is 104 cm³/mol. The van der Waals surface area contributed by atoms with Crippen LogP contribution in [0, 0.1) is 25.7 Å². The minimum atomic E-state index is 0.140. The second-order valence-corrected chi connectivity index (χ2v) is 8.10. The van der Waals surface area contributed by atoms with E-state index in [1.165, 1.54) is 18.4 Å². The van der Waals surface area contributed by atoms with Crippen molar-refractivity contribution in [1.29, 1.82) is 0 Å². The Labute approximate surface area is 161 Å². The molecular formula is C22H29N3O2. The highest BCUT2D eigenvalue weighted by Crippen LogP contribution is 2.33. The zero-order valence-corrected chi connectivity index (χ0v) is 16.4. The fraction of sp³-hybridized carbons (Fsp3) is 0.545. The molecular weight excluding hydrogens is 338 g/mol. The lowest BCUT2D eigenvalue weighted by Crippen LogP contribution is -2.37. The van der Waals surface area contributed by atoms with Gasteiger partial charge in [-0.3, -0.25) is 14.7 Å². The van der Waals surface area contributed by atoms with Gasteiger partial charge in [0, 0.05) is 32.0 Å². The summed E-state index contributed by atoms with van der Waals surface area (Å²) >= 11 is 0. The molecule has 1 atom stereocenters. The van der Waals surface area contributed by atoms with E-state index in [0.717, 1.165) is 62.1 Å². The van der Waals surface area contributed by atoms with Crippen LogP contribution in [-0.2, 0) is 6.54 Å². The maximum absolute atomic E-state index is 12.8. The van der Waals surface area contributed by atoms with Crippen LogP contribution in [0.1, 0.15) is 46.7 Å². The summed E-state index contributed by atoms with van der Waals surface area (Å²) < 4.78 is 5.54. The largest absolute Gasteiger partial charge is 0.466 e. The van der Waals surface area contributed by atoms with E-state index in [2.05, 4.69) is 16.0 Å². The highest BCUT2D eigenvalue weighted by molar-refractivity contribution is 5.95. The van der Waals surface area contributed by atoms with Gasteiger partial charge in [0.15, 0.2) is 0 Å². The molecule has 2 saturated heterocycles. The van der Waals surface area contributed by atoms with Crippen molar-refractivity contribution in [3.05, 3.63) is 53.2 Å². The summed E-state index contributed by atoms with van der Waals surface area (Å²) in [5.41, 5.74) is 2.03. The summed E-state index contributed by atoms with van der Waals surface area (Å²) in [6, 6.07) is 6.04. The Morgan fingerprint density at radius 3 is 2.63 bits per heavy atom. The first-order chi connectivity index (χ1) is 13.1. The normalized spacial score (nSPS) is 21.7. The fourth-order valence-electron chi connectivity index (χ4n) is 4.70. The molecule has 0 aromatic carbocycles. The van der Waals surface area contributed by atoms with Gasteiger partial charge in [-0.15, -0.1) is 0 Å². The van der Waals surface area contributed by atoms with Gasteiger partial charge in [-0.25, -0.2) is 0 Å². The van der Waals surface area contributed by atoms with Crippen molar-refractivity contribution < 1.29 is 9.21 Å². The van der Waals surface area contributed by atoms with Crippen LogP contribution in [0.15, 0.2) is 35.0 Å². The Hall–Kier alpha value is -2.14. The second kappa shape index (κ2) is 7.85. The van der Waals surface area contributed by atoms with E-state index in [9.17, 15) is 4.79 Å². The van der Waals surface area contributed by atoms with Crippen LogP contribution in [0.2, 0.25) is 0 Å². The molecule has 0 N–H and O–H groups in total. The number of aryl methyl sites for hydroxylation is 2. The average Bonchev–Trinajstić information content (AvgIpc) is 3.29. The minimum absolute atomic E-state index is 0.140. The highest BCUT2D eigenvalue weighted by atomic mass is 16.3. The third kappa shape index (κ3) is 4.08. The number of hydrogen-bond acceptors (Lipinski definition) is 4. The van der Waals surface area contributed by atoms with E-state index in [4.69, 9.17) is 4.42 Å². The molecule has 2 aliphatic heterocycles. The molecule has 1 amide bonds. The lowest BCUT2D eigenvalue weighted by Gasteiger charge is -2.34. The fourth-order valence-corrected chi connectivity index (χ4v) is 4.70.